The van der Waals surface area contributed by atoms with Crippen molar-refractivity contribution >= 4 is 18.4 Å². The van der Waals surface area contributed by atoms with E-state index >= 15 is 0 Å². The van der Waals surface area contributed by atoms with E-state index in [1.54, 1.807) is 14.2 Å². The van der Waals surface area contributed by atoms with Gasteiger partial charge in [0.25, 0.3) is 0 Å². The molecule has 40 heavy (non-hydrogen) atoms. The molecule has 2 aromatic carbocycles. The molecule has 5 nitrogen and oxygen atoms in total. The first kappa shape index (κ1) is 34.4. The van der Waals surface area contributed by atoms with Crippen molar-refractivity contribution in [1.29, 1.82) is 0 Å². The first-order chi connectivity index (χ1) is 19.0. The standard InChI is InChI=1S/C31H43O5.3CH3.Sn/c1-6-26(21-36-23-28-12-16-31(34-5)17-13-28)19-29(32)18-24(2)8-7-9-25(3)20-35-22-27-10-14-30(33-4)15-11-27;;;;/h9-17,24,26,29,32H,1,7-8,18-23H2,2-5H3;3*1H3;/b25-9+;;;;/t24-,26-,29-;;;;/m1..../s1. The molecule has 1 N–H and O–H groups in total. The summed E-state index contributed by atoms with van der Waals surface area (Å²) in [6.07, 6.45) is 5.46. The Labute approximate surface area is 247 Å². The predicted octanol–water partition coefficient (Wildman–Crippen LogP) is 7.99. The molecule has 0 unspecified atom stereocenters. The van der Waals surface area contributed by atoms with Gasteiger partial charge in [0, 0.05) is 0 Å². The molecule has 0 saturated carbocycles. The van der Waals surface area contributed by atoms with Gasteiger partial charge in [-0.3, -0.25) is 0 Å². The minimum atomic E-state index is -2.35. The van der Waals surface area contributed by atoms with Gasteiger partial charge in [-0.15, -0.1) is 0 Å². The third-order valence-corrected chi connectivity index (χ3v) is 14.0. The van der Waals surface area contributed by atoms with Gasteiger partial charge in [-0.2, -0.15) is 0 Å². The van der Waals surface area contributed by atoms with E-state index in [0.717, 1.165) is 41.9 Å². The van der Waals surface area contributed by atoms with Crippen molar-refractivity contribution in [3.63, 3.8) is 0 Å². The molecule has 222 valence electrons. The van der Waals surface area contributed by atoms with Gasteiger partial charge in [-0.05, 0) is 17.7 Å². The fourth-order valence-electron chi connectivity index (χ4n) is 4.70. The fourth-order valence-corrected chi connectivity index (χ4v) is 8.77. The molecule has 0 aliphatic carbocycles. The molecule has 0 spiro atoms. The molecule has 2 rings (SSSR count). The summed E-state index contributed by atoms with van der Waals surface area (Å²) in [7, 11) is 3.34. The molecule has 0 aromatic heterocycles. The van der Waals surface area contributed by atoms with Gasteiger partial charge >= 0.3 is 194 Å². The van der Waals surface area contributed by atoms with Crippen molar-refractivity contribution in [1.82, 2.24) is 0 Å². The Morgan fingerprint density at radius 1 is 0.875 bits per heavy atom. The first-order valence-corrected chi connectivity index (χ1v) is 24.4. The van der Waals surface area contributed by atoms with E-state index < -0.39 is 18.4 Å². The van der Waals surface area contributed by atoms with Gasteiger partial charge in [0.2, 0.25) is 0 Å². The number of benzene rings is 2. The van der Waals surface area contributed by atoms with Gasteiger partial charge in [0.15, 0.2) is 0 Å². The Balaban J connectivity index is 1.76. The Bertz CT molecular complexity index is 1020. The number of allylic oxidation sites excluding steroid dienone is 1. The third kappa shape index (κ3) is 13.2. The third-order valence-electron chi connectivity index (χ3n) is 7.34. The number of hydrogen-bond acceptors (Lipinski definition) is 5. The summed E-state index contributed by atoms with van der Waals surface area (Å²) in [6.45, 7) is 11.2. The molecule has 0 heterocycles. The average molecular weight is 659 g/mol. The van der Waals surface area contributed by atoms with Crippen LogP contribution in [0.25, 0.3) is 0 Å². The number of aliphatic hydroxyl groups excluding tert-OH is 1. The Kier molecular flexibility index (Phi) is 15.4. The van der Waals surface area contributed by atoms with Gasteiger partial charge in [0.1, 0.15) is 5.75 Å². The van der Waals surface area contributed by atoms with Gasteiger partial charge in [0.05, 0.1) is 13.7 Å². The maximum atomic E-state index is 11.0. The molecule has 6 heteroatoms. The van der Waals surface area contributed by atoms with Crippen LogP contribution < -0.4 is 9.47 Å². The summed E-state index contributed by atoms with van der Waals surface area (Å²) in [5.41, 5.74) is 3.50. The zero-order chi connectivity index (χ0) is 29.5. The Morgan fingerprint density at radius 2 is 1.40 bits per heavy atom. The van der Waals surface area contributed by atoms with E-state index in [4.69, 9.17) is 18.9 Å². The van der Waals surface area contributed by atoms with Gasteiger partial charge in [-0.25, -0.2) is 0 Å². The van der Waals surface area contributed by atoms with Crippen LogP contribution in [-0.2, 0) is 22.7 Å². The van der Waals surface area contributed by atoms with Gasteiger partial charge in [-0.1, -0.05) is 12.1 Å². The van der Waals surface area contributed by atoms with Crippen LogP contribution in [0, 0.1) is 11.8 Å². The summed E-state index contributed by atoms with van der Waals surface area (Å²) in [5.74, 6) is 2.33. The number of methoxy groups -OCH3 is 2. The van der Waals surface area contributed by atoms with E-state index in [2.05, 4.69) is 41.3 Å². The number of rotatable bonds is 19. The van der Waals surface area contributed by atoms with E-state index in [1.165, 1.54) is 9.16 Å². The van der Waals surface area contributed by atoms with Crippen molar-refractivity contribution in [2.24, 2.45) is 11.8 Å². The molecule has 0 bridgehead atoms. The van der Waals surface area contributed by atoms with Crippen molar-refractivity contribution < 1.29 is 24.1 Å². The summed E-state index contributed by atoms with van der Waals surface area (Å²) in [6, 6.07) is 16.0. The van der Waals surface area contributed by atoms with Crippen LogP contribution in [0.3, 0.4) is 0 Å². The zero-order valence-electron chi connectivity index (χ0n) is 25.9. The number of hydrogen-bond donors (Lipinski definition) is 1. The first-order valence-electron chi connectivity index (χ1n) is 14.5. The molecule has 0 fully saturated rings. The zero-order valence-corrected chi connectivity index (χ0v) is 28.7. The van der Waals surface area contributed by atoms with Crippen molar-refractivity contribution in [2.75, 3.05) is 27.4 Å². The average Bonchev–Trinajstić information content (AvgIpc) is 2.92. The monoisotopic (exact) mass is 660 g/mol. The second-order valence-electron chi connectivity index (χ2n) is 12.0. The summed E-state index contributed by atoms with van der Waals surface area (Å²) < 4.78 is 23.8. The topological polar surface area (TPSA) is 57.2 Å². The van der Waals surface area contributed by atoms with Crippen LogP contribution in [0.1, 0.15) is 50.7 Å². The molecule has 0 amide bonds. The number of ether oxygens (including phenoxy) is 4. The normalized spacial score (nSPS) is 14.4. The molecule has 0 aliphatic rings. The van der Waals surface area contributed by atoms with Crippen LogP contribution in [0.15, 0.2) is 70.3 Å². The van der Waals surface area contributed by atoms with Crippen LogP contribution in [0.2, 0.25) is 14.8 Å². The number of aliphatic hydroxyl groups is 1. The van der Waals surface area contributed by atoms with Crippen LogP contribution in [0.4, 0.5) is 0 Å². The van der Waals surface area contributed by atoms with Crippen molar-refractivity contribution in [3.8, 4) is 11.5 Å². The minimum absolute atomic E-state index is 0.196. The van der Waals surface area contributed by atoms with Crippen molar-refractivity contribution in [2.45, 2.75) is 73.7 Å². The van der Waals surface area contributed by atoms with E-state index in [-0.39, 0.29) is 12.0 Å². The van der Waals surface area contributed by atoms with Crippen molar-refractivity contribution in [3.05, 3.63) is 81.5 Å². The second-order valence-corrected chi connectivity index (χ2v) is 26.7. The van der Waals surface area contributed by atoms with E-state index in [1.807, 2.05) is 48.5 Å². The Morgan fingerprint density at radius 3 is 1.90 bits per heavy atom. The summed E-state index contributed by atoms with van der Waals surface area (Å²) >= 11 is -2.35. The van der Waals surface area contributed by atoms with Gasteiger partial charge < -0.3 is 4.74 Å². The molecule has 3 atom stereocenters. The molecular formula is C34H52O5Sn. The van der Waals surface area contributed by atoms with Crippen LogP contribution in [-0.4, -0.2) is 57.0 Å². The Hall–Kier alpha value is -1.80. The predicted molar refractivity (Wildman–Crippen MR) is 169 cm³/mol. The molecular weight excluding hydrogens is 607 g/mol. The van der Waals surface area contributed by atoms with Crippen LogP contribution >= 0.6 is 0 Å². The molecule has 2 aromatic rings. The fraction of sp³-hybridized carbons (Fsp3) is 0.529. The van der Waals surface area contributed by atoms with E-state index in [0.29, 0.717) is 38.8 Å². The second kappa shape index (κ2) is 17.9. The molecule has 0 aliphatic heterocycles. The maximum absolute atomic E-state index is 11.0. The molecule has 0 saturated heterocycles. The SMILES string of the molecule is C=[C]([C@@H](COCc1ccc(OC)cc1)C[C@H](O)C[C@H](C)CC/C=C(\C)COCc1ccc(OC)cc1)[Sn]([CH3])([CH3])[CH3]. The van der Waals surface area contributed by atoms with Crippen LogP contribution in [0.5, 0.6) is 11.5 Å². The van der Waals surface area contributed by atoms with E-state index in [9.17, 15) is 5.11 Å². The summed E-state index contributed by atoms with van der Waals surface area (Å²) in [4.78, 5) is 7.16. The quantitative estimate of drug-likeness (QED) is 0.122. The summed E-state index contributed by atoms with van der Waals surface area (Å²) in [5, 5.41) is 11.0. The molecule has 0 radical (unpaired) electrons.